The Morgan fingerprint density at radius 2 is 1.72 bits per heavy atom. The number of carbonyl (C=O) groups excluding carboxylic acids is 2. The molecule has 0 bridgehead atoms. The van der Waals surface area contributed by atoms with E-state index in [9.17, 15) is 9.59 Å². The Hall–Kier alpha value is -1.80. The molecule has 25 heavy (non-hydrogen) atoms. The number of esters is 1. The first kappa shape index (κ1) is 23.2. The van der Waals surface area contributed by atoms with Gasteiger partial charge in [0.15, 0.2) is 0 Å². The van der Waals surface area contributed by atoms with Crippen molar-refractivity contribution in [3.05, 3.63) is 11.8 Å². The molecule has 1 unspecified atom stereocenters. The summed E-state index contributed by atoms with van der Waals surface area (Å²) in [5, 5.41) is 0. The Labute approximate surface area is 149 Å². The van der Waals surface area contributed by atoms with Gasteiger partial charge in [0.05, 0.1) is 12.2 Å². The molecule has 0 aromatic carbocycles. The molecule has 0 rings (SSSR count). The SMILES string of the molecule is CCOC(=O)OOC(C)OC(=O)C(C)=COOC(C)(C)CC(C)(C)C. The predicted octanol–water partition coefficient (Wildman–Crippen LogP) is 4.05. The summed E-state index contributed by atoms with van der Waals surface area (Å²) in [4.78, 5) is 42.0. The van der Waals surface area contributed by atoms with Gasteiger partial charge in [0.2, 0.25) is 6.29 Å². The highest BCUT2D eigenvalue weighted by molar-refractivity contribution is 5.87. The average Bonchev–Trinajstić information content (AvgIpc) is 2.42. The molecule has 0 saturated heterocycles. The van der Waals surface area contributed by atoms with Crippen LogP contribution in [0.5, 0.6) is 0 Å². The average molecular weight is 362 g/mol. The maximum Gasteiger partial charge on any atom is 0.540 e. The Balaban J connectivity index is 4.31. The van der Waals surface area contributed by atoms with Gasteiger partial charge >= 0.3 is 12.1 Å². The first-order chi connectivity index (χ1) is 11.4. The largest absolute Gasteiger partial charge is 0.540 e. The lowest BCUT2D eigenvalue weighted by Gasteiger charge is -2.30. The summed E-state index contributed by atoms with van der Waals surface area (Å²) in [5.74, 6) is -0.711. The molecule has 0 amide bonds. The minimum absolute atomic E-state index is 0.0657. The van der Waals surface area contributed by atoms with Gasteiger partial charge in [-0.2, -0.15) is 4.89 Å². The van der Waals surface area contributed by atoms with E-state index in [-0.39, 0.29) is 17.6 Å². The molecule has 0 N–H and O–H groups in total. The van der Waals surface area contributed by atoms with Crippen LogP contribution in [0.4, 0.5) is 4.79 Å². The molecule has 0 aliphatic heterocycles. The van der Waals surface area contributed by atoms with Crippen molar-refractivity contribution >= 4 is 12.1 Å². The van der Waals surface area contributed by atoms with Gasteiger partial charge in [-0.1, -0.05) is 20.8 Å². The number of rotatable bonds is 9. The van der Waals surface area contributed by atoms with E-state index in [0.29, 0.717) is 0 Å². The normalized spacial score (nSPS) is 13.8. The summed E-state index contributed by atoms with van der Waals surface area (Å²) < 4.78 is 9.40. The lowest BCUT2D eigenvalue weighted by atomic mass is 9.84. The molecule has 1 atom stereocenters. The fourth-order valence-electron chi connectivity index (χ4n) is 2.09. The topological polar surface area (TPSA) is 89.5 Å². The number of carbonyl (C=O) groups is 2. The van der Waals surface area contributed by atoms with Crippen molar-refractivity contribution in [3.8, 4) is 0 Å². The Kier molecular flexibility index (Phi) is 9.51. The van der Waals surface area contributed by atoms with E-state index in [0.717, 1.165) is 12.7 Å². The van der Waals surface area contributed by atoms with Gasteiger partial charge in [0.1, 0.15) is 11.9 Å². The Bertz CT molecular complexity index is 462. The lowest BCUT2D eigenvalue weighted by molar-refractivity contribution is -0.333. The smallest absolute Gasteiger partial charge is 0.433 e. The van der Waals surface area contributed by atoms with Crippen LogP contribution in [0.1, 0.15) is 61.8 Å². The van der Waals surface area contributed by atoms with E-state index in [1.807, 2.05) is 13.8 Å². The van der Waals surface area contributed by atoms with Gasteiger partial charge < -0.3 is 14.4 Å². The van der Waals surface area contributed by atoms with E-state index in [1.165, 1.54) is 13.8 Å². The third-order valence-corrected chi connectivity index (χ3v) is 2.56. The zero-order chi connectivity index (χ0) is 19.7. The van der Waals surface area contributed by atoms with E-state index in [1.54, 1.807) is 6.92 Å². The quantitative estimate of drug-likeness (QED) is 0.152. The summed E-state index contributed by atoms with van der Waals surface area (Å²) in [6.07, 6.45) is -0.229. The first-order valence-electron chi connectivity index (χ1n) is 8.08. The van der Waals surface area contributed by atoms with Crippen LogP contribution in [-0.2, 0) is 33.8 Å². The molecule has 146 valence electrons. The number of hydrogen-bond acceptors (Lipinski definition) is 8. The third-order valence-electron chi connectivity index (χ3n) is 2.56. The van der Waals surface area contributed by atoms with E-state index in [2.05, 4.69) is 35.3 Å². The standard InChI is InChI=1S/C17H30O8/c1-9-20-15(19)24-23-13(3)22-14(18)12(2)10-21-25-17(7,8)11-16(4,5)6/h10,13H,9,11H2,1-8H3. The Morgan fingerprint density at radius 1 is 1.12 bits per heavy atom. The molecule has 0 radical (unpaired) electrons. The molecule has 0 aromatic rings. The van der Waals surface area contributed by atoms with Crippen molar-refractivity contribution < 1.29 is 38.6 Å². The fourth-order valence-corrected chi connectivity index (χ4v) is 2.09. The van der Waals surface area contributed by atoms with Crippen molar-refractivity contribution in [2.45, 2.75) is 73.7 Å². The second kappa shape index (κ2) is 10.2. The first-order valence-corrected chi connectivity index (χ1v) is 8.08. The second-order valence-electron chi connectivity index (χ2n) is 7.31. The van der Waals surface area contributed by atoms with Crippen LogP contribution in [0.15, 0.2) is 11.8 Å². The predicted molar refractivity (Wildman–Crippen MR) is 88.8 cm³/mol. The van der Waals surface area contributed by atoms with Gasteiger partial charge in [-0.3, -0.25) is 4.89 Å². The highest BCUT2D eigenvalue weighted by Crippen LogP contribution is 2.29. The molecule has 0 aromatic heterocycles. The van der Waals surface area contributed by atoms with Crippen LogP contribution >= 0.6 is 0 Å². The summed E-state index contributed by atoms with van der Waals surface area (Å²) in [5.41, 5.74) is -0.308. The minimum Gasteiger partial charge on any atom is -0.433 e. The zero-order valence-corrected chi connectivity index (χ0v) is 16.3. The second-order valence-corrected chi connectivity index (χ2v) is 7.31. The third kappa shape index (κ3) is 12.2. The minimum atomic E-state index is -1.11. The molecule has 8 nitrogen and oxygen atoms in total. The molecular formula is C17H30O8. The molecule has 0 aliphatic rings. The van der Waals surface area contributed by atoms with Gasteiger partial charge in [0.25, 0.3) is 0 Å². The van der Waals surface area contributed by atoms with E-state index >= 15 is 0 Å². The summed E-state index contributed by atoms with van der Waals surface area (Å²) in [7, 11) is 0. The fraction of sp³-hybridized carbons (Fsp3) is 0.765. The zero-order valence-electron chi connectivity index (χ0n) is 16.3. The molecule has 8 heteroatoms. The molecule has 0 heterocycles. The van der Waals surface area contributed by atoms with E-state index < -0.39 is 24.0 Å². The number of hydrogen-bond donors (Lipinski definition) is 0. The highest BCUT2D eigenvalue weighted by atomic mass is 17.3. The van der Waals surface area contributed by atoms with Crippen LogP contribution in [0.25, 0.3) is 0 Å². The maximum atomic E-state index is 11.8. The molecule has 0 saturated carbocycles. The number of ether oxygens (including phenoxy) is 2. The Morgan fingerprint density at radius 3 is 2.24 bits per heavy atom. The van der Waals surface area contributed by atoms with Crippen LogP contribution < -0.4 is 0 Å². The molecular weight excluding hydrogens is 332 g/mol. The van der Waals surface area contributed by atoms with Crippen molar-refractivity contribution in [1.29, 1.82) is 0 Å². The molecule has 0 spiro atoms. The molecule has 0 aliphatic carbocycles. The van der Waals surface area contributed by atoms with Crippen molar-refractivity contribution in [1.82, 2.24) is 0 Å². The van der Waals surface area contributed by atoms with Crippen molar-refractivity contribution in [2.24, 2.45) is 5.41 Å². The van der Waals surface area contributed by atoms with Gasteiger partial charge in [-0.15, -0.1) is 4.89 Å². The summed E-state index contributed by atoms with van der Waals surface area (Å²) in [6, 6.07) is 0. The van der Waals surface area contributed by atoms with Gasteiger partial charge in [0, 0.05) is 6.92 Å². The summed E-state index contributed by atoms with van der Waals surface area (Å²) >= 11 is 0. The van der Waals surface area contributed by atoms with E-state index in [4.69, 9.17) is 14.5 Å². The molecule has 0 fully saturated rings. The maximum absolute atomic E-state index is 11.8. The lowest BCUT2D eigenvalue weighted by Crippen LogP contribution is -2.30. The van der Waals surface area contributed by atoms with Crippen LogP contribution in [0, 0.1) is 5.41 Å². The monoisotopic (exact) mass is 362 g/mol. The van der Waals surface area contributed by atoms with Gasteiger partial charge in [-0.25, -0.2) is 9.59 Å². The van der Waals surface area contributed by atoms with Crippen molar-refractivity contribution in [2.75, 3.05) is 6.61 Å². The van der Waals surface area contributed by atoms with Crippen LogP contribution in [0.3, 0.4) is 0 Å². The van der Waals surface area contributed by atoms with Crippen LogP contribution in [-0.4, -0.2) is 30.6 Å². The van der Waals surface area contributed by atoms with Gasteiger partial charge in [-0.05, 0) is 39.5 Å². The highest BCUT2D eigenvalue weighted by Gasteiger charge is 2.28. The summed E-state index contributed by atoms with van der Waals surface area (Å²) in [6.45, 7) is 14.7. The van der Waals surface area contributed by atoms with Crippen molar-refractivity contribution in [3.63, 3.8) is 0 Å². The van der Waals surface area contributed by atoms with Crippen LogP contribution in [0.2, 0.25) is 0 Å².